The van der Waals surface area contributed by atoms with E-state index in [-0.39, 0.29) is 0 Å². The molecule has 2 aliphatic rings. The predicted octanol–water partition coefficient (Wildman–Crippen LogP) is 1.69. The number of fused-ring (bicyclic) bond motifs is 1. The van der Waals surface area contributed by atoms with Gasteiger partial charge >= 0.3 is 0 Å². The van der Waals surface area contributed by atoms with Gasteiger partial charge in [-0.3, -0.25) is 0 Å². The maximum Gasteiger partial charge on any atom is 0.148 e. The highest BCUT2D eigenvalue weighted by molar-refractivity contribution is 5.34. The van der Waals surface area contributed by atoms with Gasteiger partial charge in [-0.1, -0.05) is 0 Å². The Balaban J connectivity index is 1.69. The lowest BCUT2D eigenvalue weighted by Gasteiger charge is -2.13. The SMILES string of the molecule is c1cnnc(NC2CCC3CC32)c1. The molecule has 0 amide bonds. The standard InChI is InChI=1S/C10H13N3/c1-2-10(13-11-5-1)12-9-4-3-7-6-8(7)9/h1-2,5,7-9H,3-4,6H2,(H,12,13). The van der Waals surface area contributed by atoms with Crippen LogP contribution in [0, 0.1) is 11.8 Å². The summed E-state index contributed by atoms with van der Waals surface area (Å²) in [5, 5.41) is 11.3. The first-order valence-corrected chi connectivity index (χ1v) is 4.98. The van der Waals surface area contributed by atoms with Crippen molar-refractivity contribution in [1.82, 2.24) is 10.2 Å². The first kappa shape index (κ1) is 7.30. The lowest BCUT2D eigenvalue weighted by molar-refractivity contribution is 0.650. The van der Waals surface area contributed by atoms with Gasteiger partial charge in [0.15, 0.2) is 0 Å². The van der Waals surface area contributed by atoms with Crippen LogP contribution in [0.4, 0.5) is 5.82 Å². The van der Waals surface area contributed by atoms with E-state index in [1.54, 1.807) is 6.20 Å². The summed E-state index contributed by atoms with van der Waals surface area (Å²) in [5.74, 6) is 2.89. The molecule has 3 atom stereocenters. The zero-order valence-corrected chi connectivity index (χ0v) is 7.48. The van der Waals surface area contributed by atoms with Crippen molar-refractivity contribution in [2.24, 2.45) is 11.8 Å². The highest BCUT2D eigenvalue weighted by Gasteiger charge is 2.47. The van der Waals surface area contributed by atoms with Crippen molar-refractivity contribution in [3.8, 4) is 0 Å². The fraction of sp³-hybridized carbons (Fsp3) is 0.600. The summed E-state index contributed by atoms with van der Waals surface area (Å²) < 4.78 is 0. The van der Waals surface area contributed by atoms with Gasteiger partial charge in [0.25, 0.3) is 0 Å². The van der Waals surface area contributed by atoms with Gasteiger partial charge in [0.1, 0.15) is 5.82 Å². The van der Waals surface area contributed by atoms with Crippen LogP contribution in [-0.2, 0) is 0 Å². The molecule has 0 radical (unpaired) electrons. The summed E-state index contributed by atoms with van der Waals surface area (Å²) >= 11 is 0. The smallest absolute Gasteiger partial charge is 0.148 e. The van der Waals surface area contributed by atoms with Crippen molar-refractivity contribution in [1.29, 1.82) is 0 Å². The van der Waals surface area contributed by atoms with Gasteiger partial charge in [-0.2, -0.15) is 5.10 Å². The van der Waals surface area contributed by atoms with Gasteiger partial charge < -0.3 is 5.32 Å². The van der Waals surface area contributed by atoms with Crippen LogP contribution in [0.1, 0.15) is 19.3 Å². The number of nitrogens with one attached hydrogen (secondary N) is 1. The van der Waals surface area contributed by atoms with Crippen molar-refractivity contribution < 1.29 is 0 Å². The largest absolute Gasteiger partial charge is 0.366 e. The third kappa shape index (κ3) is 1.28. The maximum atomic E-state index is 4.03. The zero-order chi connectivity index (χ0) is 8.67. The molecule has 3 nitrogen and oxygen atoms in total. The van der Waals surface area contributed by atoms with E-state index >= 15 is 0 Å². The van der Waals surface area contributed by atoms with Crippen LogP contribution in [-0.4, -0.2) is 16.2 Å². The molecular formula is C10H13N3. The Bertz CT molecular complexity index is 298. The predicted molar refractivity (Wildman–Crippen MR) is 50.3 cm³/mol. The van der Waals surface area contributed by atoms with E-state index in [0.29, 0.717) is 6.04 Å². The lowest BCUT2D eigenvalue weighted by Crippen LogP contribution is -2.19. The average molecular weight is 175 g/mol. The molecule has 0 saturated heterocycles. The van der Waals surface area contributed by atoms with Gasteiger partial charge in [-0.25, -0.2) is 0 Å². The monoisotopic (exact) mass is 175 g/mol. The fourth-order valence-electron chi connectivity index (χ4n) is 2.45. The van der Waals surface area contributed by atoms with Crippen LogP contribution in [0.2, 0.25) is 0 Å². The molecule has 13 heavy (non-hydrogen) atoms. The van der Waals surface area contributed by atoms with E-state index in [0.717, 1.165) is 17.7 Å². The highest BCUT2D eigenvalue weighted by atomic mass is 15.2. The summed E-state index contributed by atoms with van der Waals surface area (Å²) in [7, 11) is 0. The van der Waals surface area contributed by atoms with E-state index in [4.69, 9.17) is 0 Å². The molecule has 0 spiro atoms. The first-order valence-electron chi connectivity index (χ1n) is 4.98. The Hall–Kier alpha value is -1.12. The molecule has 1 aromatic heterocycles. The number of anilines is 1. The van der Waals surface area contributed by atoms with Crippen molar-refractivity contribution in [2.75, 3.05) is 5.32 Å². The van der Waals surface area contributed by atoms with Crippen molar-refractivity contribution in [2.45, 2.75) is 25.3 Å². The minimum absolute atomic E-state index is 0.668. The minimum atomic E-state index is 0.668. The van der Waals surface area contributed by atoms with Gasteiger partial charge in [0.2, 0.25) is 0 Å². The Kier molecular flexibility index (Phi) is 1.51. The molecular weight excluding hydrogens is 162 g/mol. The van der Waals surface area contributed by atoms with E-state index < -0.39 is 0 Å². The zero-order valence-electron chi connectivity index (χ0n) is 7.48. The Morgan fingerprint density at radius 3 is 3.00 bits per heavy atom. The Morgan fingerprint density at radius 1 is 1.38 bits per heavy atom. The topological polar surface area (TPSA) is 37.8 Å². The number of rotatable bonds is 2. The molecule has 0 bridgehead atoms. The van der Waals surface area contributed by atoms with Crippen LogP contribution in [0.3, 0.4) is 0 Å². The highest BCUT2D eigenvalue weighted by Crippen LogP contribution is 2.52. The van der Waals surface area contributed by atoms with Gasteiger partial charge in [0, 0.05) is 12.2 Å². The molecule has 3 unspecified atom stereocenters. The van der Waals surface area contributed by atoms with Crippen LogP contribution < -0.4 is 5.32 Å². The minimum Gasteiger partial charge on any atom is -0.366 e. The van der Waals surface area contributed by atoms with E-state index in [9.17, 15) is 0 Å². The van der Waals surface area contributed by atoms with E-state index in [1.165, 1.54) is 19.3 Å². The summed E-state index contributed by atoms with van der Waals surface area (Å²) in [6, 6.07) is 4.58. The molecule has 1 heterocycles. The number of aromatic nitrogens is 2. The molecule has 2 fully saturated rings. The van der Waals surface area contributed by atoms with Crippen LogP contribution in [0.15, 0.2) is 18.3 Å². The van der Waals surface area contributed by atoms with Gasteiger partial charge in [0.05, 0.1) is 0 Å². The fourth-order valence-corrected chi connectivity index (χ4v) is 2.45. The lowest BCUT2D eigenvalue weighted by atomic mass is 10.2. The van der Waals surface area contributed by atoms with Crippen molar-refractivity contribution >= 4 is 5.82 Å². The van der Waals surface area contributed by atoms with Crippen molar-refractivity contribution in [3.63, 3.8) is 0 Å². The molecule has 2 aliphatic carbocycles. The van der Waals surface area contributed by atoms with Crippen LogP contribution in [0.25, 0.3) is 0 Å². The van der Waals surface area contributed by atoms with Crippen LogP contribution >= 0.6 is 0 Å². The third-order valence-corrected chi connectivity index (χ3v) is 3.25. The second-order valence-electron chi connectivity index (χ2n) is 4.10. The third-order valence-electron chi connectivity index (χ3n) is 3.25. The first-order chi connectivity index (χ1) is 6.43. The molecule has 1 N–H and O–H groups in total. The number of nitrogens with zero attached hydrogens (tertiary/aromatic N) is 2. The van der Waals surface area contributed by atoms with E-state index in [1.807, 2.05) is 12.1 Å². The Morgan fingerprint density at radius 2 is 2.38 bits per heavy atom. The molecule has 0 aliphatic heterocycles. The number of hydrogen-bond acceptors (Lipinski definition) is 3. The second kappa shape index (κ2) is 2.69. The summed E-state index contributed by atoms with van der Waals surface area (Å²) in [5.41, 5.74) is 0. The molecule has 2 saturated carbocycles. The Labute approximate surface area is 77.6 Å². The van der Waals surface area contributed by atoms with E-state index in [2.05, 4.69) is 15.5 Å². The summed E-state index contributed by atoms with van der Waals surface area (Å²) in [6.07, 6.45) is 5.85. The molecule has 3 rings (SSSR count). The maximum absolute atomic E-state index is 4.03. The van der Waals surface area contributed by atoms with Crippen molar-refractivity contribution in [3.05, 3.63) is 18.3 Å². The average Bonchev–Trinajstić information content (AvgIpc) is 2.86. The van der Waals surface area contributed by atoms with Gasteiger partial charge in [-0.15, -0.1) is 5.10 Å². The van der Waals surface area contributed by atoms with Gasteiger partial charge in [-0.05, 0) is 43.2 Å². The molecule has 3 heteroatoms. The number of hydrogen-bond donors (Lipinski definition) is 1. The summed E-state index contributed by atoms with van der Waals surface area (Å²) in [6.45, 7) is 0. The molecule has 1 aromatic rings. The summed E-state index contributed by atoms with van der Waals surface area (Å²) in [4.78, 5) is 0. The quantitative estimate of drug-likeness (QED) is 0.743. The molecule has 68 valence electrons. The molecule has 0 aromatic carbocycles. The normalized spacial score (nSPS) is 35.5. The second-order valence-corrected chi connectivity index (χ2v) is 4.10. The van der Waals surface area contributed by atoms with Crippen LogP contribution in [0.5, 0.6) is 0 Å².